The number of aromatic amines is 1. The Kier molecular flexibility index (Phi) is 3.96. The molecule has 5 nitrogen and oxygen atoms in total. The highest BCUT2D eigenvalue weighted by Gasteiger charge is 2.21. The Bertz CT molecular complexity index is 722. The molecular formula is C14H15BrN2O3. The van der Waals surface area contributed by atoms with E-state index < -0.39 is 11.4 Å². The number of hydrogen-bond acceptors (Lipinski definition) is 3. The van der Waals surface area contributed by atoms with Crippen molar-refractivity contribution in [3.63, 3.8) is 0 Å². The summed E-state index contributed by atoms with van der Waals surface area (Å²) in [4.78, 5) is 26.6. The highest BCUT2D eigenvalue weighted by atomic mass is 79.9. The Morgan fingerprint density at radius 3 is 2.75 bits per heavy atom. The molecule has 0 spiro atoms. The Labute approximate surface area is 124 Å². The number of carbonyl (C=O) groups excluding carboxylic acids is 1. The highest BCUT2D eigenvalue weighted by Crippen LogP contribution is 2.21. The molecule has 0 unspecified atom stereocenters. The summed E-state index contributed by atoms with van der Waals surface area (Å²) in [7, 11) is 0. The molecule has 1 heterocycles. The molecule has 1 aromatic carbocycles. The maximum Gasteiger partial charge on any atom is 0.252 e. The third-order valence-corrected chi connectivity index (χ3v) is 3.39. The minimum atomic E-state index is -0.752. The quantitative estimate of drug-likeness (QED) is 0.797. The SMILES string of the molecule is CC(C)(CO)NC(=O)c1cc(=O)[nH]c2ccc(Br)cc12. The molecule has 0 saturated heterocycles. The van der Waals surface area contributed by atoms with Crippen LogP contribution in [0.4, 0.5) is 0 Å². The number of nitrogens with one attached hydrogen (secondary N) is 2. The van der Waals surface area contributed by atoms with Gasteiger partial charge in [-0.1, -0.05) is 15.9 Å². The van der Waals surface area contributed by atoms with Gasteiger partial charge in [-0.3, -0.25) is 9.59 Å². The summed E-state index contributed by atoms with van der Waals surface area (Å²) in [6.45, 7) is 3.22. The number of amides is 1. The van der Waals surface area contributed by atoms with E-state index >= 15 is 0 Å². The summed E-state index contributed by atoms with van der Waals surface area (Å²) >= 11 is 3.35. The first-order valence-electron chi connectivity index (χ1n) is 6.08. The standard InChI is InChI=1S/C14H15BrN2O3/c1-14(2,7-18)17-13(20)10-6-12(19)16-11-4-3-8(15)5-9(10)11/h3-6,18H,7H2,1-2H3,(H,16,19)(H,17,20). The van der Waals surface area contributed by atoms with E-state index in [-0.39, 0.29) is 17.7 Å². The van der Waals surface area contributed by atoms with E-state index in [1.165, 1.54) is 6.07 Å². The lowest BCUT2D eigenvalue weighted by atomic mass is 10.0. The molecule has 1 amide bonds. The Hall–Kier alpha value is -1.66. The lowest BCUT2D eigenvalue weighted by Gasteiger charge is -2.23. The normalized spacial score (nSPS) is 11.6. The minimum absolute atomic E-state index is 0.191. The van der Waals surface area contributed by atoms with Crippen molar-refractivity contribution in [3.05, 3.63) is 44.7 Å². The zero-order valence-electron chi connectivity index (χ0n) is 11.2. The van der Waals surface area contributed by atoms with Gasteiger partial charge in [0.05, 0.1) is 17.7 Å². The molecule has 0 aliphatic carbocycles. The molecule has 3 N–H and O–H groups in total. The van der Waals surface area contributed by atoms with E-state index in [2.05, 4.69) is 26.2 Å². The number of aliphatic hydroxyl groups is 1. The van der Waals surface area contributed by atoms with Crippen LogP contribution in [0.1, 0.15) is 24.2 Å². The number of H-pyrrole nitrogens is 1. The summed E-state index contributed by atoms with van der Waals surface area (Å²) in [6, 6.07) is 6.55. The molecule has 0 fully saturated rings. The lowest BCUT2D eigenvalue weighted by molar-refractivity contribution is 0.0871. The molecule has 0 aliphatic rings. The fourth-order valence-corrected chi connectivity index (χ4v) is 2.19. The van der Waals surface area contributed by atoms with Crippen molar-refractivity contribution < 1.29 is 9.90 Å². The number of benzene rings is 1. The van der Waals surface area contributed by atoms with Crippen molar-refractivity contribution in [2.24, 2.45) is 0 Å². The second kappa shape index (κ2) is 5.38. The number of hydrogen-bond donors (Lipinski definition) is 3. The van der Waals surface area contributed by atoms with Crippen LogP contribution in [0, 0.1) is 0 Å². The van der Waals surface area contributed by atoms with Gasteiger partial charge >= 0.3 is 0 Å². The van der Waals surface area contributed by atoms with Gasteiger partial charge in [-0.25, -0.2) is 0 Å². The van der Waals surface area contributed by atoms with Crippen LogP contribution in [0.2, 0.25) is 0 Å². The van der Waals surface area contributed by atoms with E-state index in [0.29, 0.717) is 10.9 Å². The van der Waals surface area contributed by atoms with Crippen LogP contribution >= 0.6 is 15.9 Å². The number of rotatable bonds is 3. The number of aliphatic hydroxyl groups excluding tert-OH is 1. The molecule has 0 radical (unpaired) electrons. The summed E-state index contributed by atoms with van der Waals surface area (Å²) in [5, 5.41) is 12.6. The van der Waals surface area contributed by atoms with E-state index in [1.807, 2.05) is 0 Å². The fraction of sp³-hybridized carbons (Fsp3) is 0.286. The average molecular weight is 339 g/mol. The Balaban J connectivity index is 2.56. The monoisotopic (exact) mass is 338 g/mol. The predicted octanol–water partition coefficient (Wildman–Crippen LogP) is 1.79. The van der Waals surface area contributed by atoms with Crippen LogP contribution in [0.5, 0.6) is 0 Å². The molecule has 0 saturated carbocycles. The Morgan fingerprint density at radius 1 is 1.40 bits per heavy atom. The fourth-order valence-electron chi connectivity index (χ4n) is 1.83. The smallest absolute Gasteiger partial charge is 0.252 e. The van der Waals surface area contributed by atoms with Gasteiger partial charge in [0.2, 0.25) is 5.56 Å². The van der Waals surface area contributed by atoms with Crippen LogP contribution in [-0.2, 0) is 0 Å². The van der Waals surface area contributed by atoms with E-state index in [9.17, 15) is 14.7 Å². The average Bonchev–Trinajstić information content (AvgIpc) is 2.38. The number of aromatic nitrogens is 1. The van der Waals surface area contributed by atoms with E-state index in [1.54, 1.807) is 32.0 Å². The number of fused-ring (bicyclic) bond motifs is 1. The van der Waals surface area contributed by atoms with E-state index in [0.717, 1.165) is 4.47 Å². The maximum absolute atomic E-state index is 12.3. The number of halogens is 1. The van der Waals surface area contributed by atoms with Crippen molar-refractivity contribution >= 4 is 32.7 Å². The third kappa shape index (κ3) is 3.08. The van der Waals surface area contributed by atoms with Crippen LogP contribution in [0.3, 0.4) is 0 Å². The van der Waals surface area contributed by atoms with Gasteiger partial charge in [0.25, 0.3) is 5.91 Å². The minimum Gasteiger partial charge on any atom is -0.394 e. The molecule has 0 bridgehead atoms. The molecule has 0 aliphatic heterocycles. The van der Waals surface area contributed by atoms with Crippen LogP contribution in [-0.4, -0.2) is 28.1 Å². The van der Waals surface area contributed by atoms with Gasteiger partial charge in [0.15, 0.2) is 0 Å². The van der Waals surface area contributed by atoms with Crippen LogP contribution in [0.15, 0.2) is 33.5 Å². The molecule has 20 heavy (non-hydrogen) atoms. The van der Waals surface area contributed by atoms with Crippen molar-refractivity contribution in [1.29, 1.82) is 0 Å². The van der Waals surface area contributed by atoms with Gasteiger partial charge in [-0.2, -0.15) is 0 Å². The van der Waals surface area contributed by atoms with Crippen LogP contribution < -0.4 is 10.9 Å². The third-order valence-electron chi connectivity index (χ3n) is 2.90. The molecule has 1 aromatic heterocycles. The molecular weight excluding hydrogens is 324 g/mol. The topological polar surface area (TPSA) is 82.2 Å². The Morgan fingerprint density at radius 2 is 2.10 bits per heavy atom. The second-order valence-electron chi connectivity index (χ2n) is 5.23. The van der Waals surface area contributed by atoms with Crippen molar-refractivity contribution in [1.82, 2.24) is 10.3 Å². The van der Waals surface area contributed by atoms with E-state index in [4.69, 9.17) is 0 Å². The predicted molar refractivity (Wildman–Crippen MR) is 80.9 cm³/mol. The van der Waals surface area contributed by atoms with Crippen molar-refractivity contribution in [3.8, 4) is 0 Å². The highest BCUT2D eigenvalue weighted by molar-refractivity contribution is 9.10. The van der Waals surface area contributed by atoms with Crippen molar-refractivity contribution in [2.75, 3.05) is 6.61 Å². The molecule has 6 heteroatoms. The van der Waals surface area contributed by atoms with Crippen molar-refractivity contribution in [2.45, 2.75) is 19.4 Å². The molecule has 2 aromatic rings. The van der Waals surface area contributed by atoms with Gasteiger partial charge < -0.3 is 15.4 Å². The summed E-state index contributed by atoms with van der Waals surface area (Å²) in [6.07, 6.45) is 0. The van der Waals surface area contributed by atoms with Gasteiger partial charge in [-0.05, 0) is 32.0 Å². The molecule has 106 valence electrons. The molecule has 2 rings (SSSR count). The summed E-state index contributed by atoms with van der Waals surface area (Å²) in [5.74, 6) is -0.391. The maximum atomic E-state index is 12.3. The first-order chi connectivity index (χ1) is 9.32. The second-order valence-corrected chi connectivity index (χ2v) is 6.15. The molecule has 0 atom stereocenters. The summed E-state index contributed by atoms with van der Waals surface area (Å²) < 4.78 is 0.813. The lowest BCUT2D eigenvalue weighted by Crippen LogP contribution is -2.46. The van der Waals surface area contributed by atoms with Gasteiger partial charge in [0, 0.05) is 21.4 Å². The van der Waals surface area contributed by atoms with Gasteiger partial charge in [0.1, 0.15) is 0 Å². The van der Waals surface area contributed by atoms with Gasteiger partial charge in [-0.15, -0.1) is 0 Å². The zero-order chi connectivity index (χ0) is 14.9. The summed E-state index contributed by atoms with van der Waals surface area (Å²) in [5.41, 5.74) is -0.219. The first kappa shape index (κ1) is 14.7. The zero-order valence-corrected chi connectivity index (χ0v) is 12.7. The number of pyridine rings is 1. The van der Waals surface area contributed by atoms with Crippen LogP contribution in [0.25, 0.3) is 10.9 Å². The largest absolute Gasteiger partial charge is 0.394 e. The number of carbonyl (C=O) groups is 1. The first-order valence-corrected chi connectivity index (χ1v) is 6.88.